The Morgan fingerprint density at radius 2 is 1.53 bits per heavy atom. The standard InChI is InChI=1S/C11H18F2OSi/c1-15(2,3)9-8-10(14)4-6-11(12,13)7-5-10/h14H,4-7H2,1-3H3. The summed E-state index contributed by atoms with van der Waals surface area (Å²) < 4.78 is 25.7. The van der Waals surface area contributed by atoms with Crippen LogP contribution in [0.25, 0.3) is 0 Å². The van der Waals surface area contributed by atoms with Crippen LogP contribution in [0.15, 0.2) is 0 Å². The Labute approximate surface area is 90.9 Å². The SMILES string of the molecule is C[Si](C)(C)C#CC1(O)CCC(F)(F)CC1. The number of hydrogen-bond acceptors (Lipinski definition) is 1. The van der Waals surface area contributed by atoms with Gasteiger partial charge in [-0.1, -0.05) is 25.6 Å². The summed E-state index contributed by atoms with van der Waals surface area (Å²) in [7, 11) is -1.53. The van der Waals surface area contributed by atoms with Crippen LogP contribution in [-0.2, 0) is 0 Å². The molecular weight excluding hydrogens is 214 g/mol. The van der Waals surface area contributed by atoms with E-state index in [0.717, 1.165) is 0 Å². The molecular formula is C11H18F2OSi. The van der Waals surface area contributed by atoms with Gasteiger partial charge in [-0.2, -0.15) is 0 Å². The van der Waals surface area contributed by atoms with Crippen LogP contribution in [0.1, 0.15) is 25.7 Å². The number of aliphatic hydroxyl groups is 1. The molecule has 0 atom stereocenters. The molecule has 0 aromatic carbocycles. The molecule has 1 N–H and O–H groups in total. The van der Waals surface area contributed by atoms with E-state index in [-0.39, 0.29) is 25.7 Å². The highest BCUT2D eigenvalue weighted by atomic mass is 28.3. The first kappa shape index (κ1) is 12.7. The van der Waals surface area contributed by atoms with Gasteiger partial charge in [0.15, 0.2) is 0 Å². The Hall–Kier alpha value is -0.403. The summed E-state index contributed by atoms with van der Waals surface area (Å²) in [5.41, 5.74) is 1.89. The zero-order chi connectivity index (χ0) is 11.7. The van der Waals surface area contributed by atoms with Crippen molar-refractivity contribution in [3.8, 4) is 11.5 Å². The second kappa shape index (κ2) is 3.87. The van der Waals surface area contributed by atoms with Crippen LogP contribution in [0.4, 0.5) is 8.78 Å². The molecule has 1 nitrogen and oxygen atoms in total. The van der Waals surface area contributed by atoms with Crippen molar-refractivity contribution in [3.63, 3.8) is 0 Å². The Morgan fingerprint density at radius 3 is 1.93 bits per heavy atom. The molecule has 1 fully saturated rings. The van der Waals surface area contributed by atoms with Crippen LogP contribution in [-0.4, -0.2) is 24.7 Å². The fourth-order valence-corrected chi connectivity index (χ4v) is 2.07. The quantitative estimate of drug-likeness (QED) is 0.503. The predicted octanol–water partition coefficient (Wildman–Crippen LogP) is 2.81. The minimum Gasteiger partial charge on any atom is -0.378 e. The van der Waals surface area contributed by atoms with Crippen LogP contribution in [0.3, 0.4) is 0 Å². The van der Waals surface area contributed by atoms with E-state index in [1.165, 1.54) is 0 Å². The third-order valence-electron chi connectivity index (χ3n) is 2.48. The van der Waals surface area contributed by atoms with Crippen molar-refractivity contribution in [1.29, 1.82) is 0 Å². The normalized spacial score (nSPS) is 24.1. The van der Waals surface area contributed by atoms with E-state index in [4.69, 9.17) is 0 Å². The van der Waals surface area contributed by atoms with Crippen LogP contribution in [0.2, 0.25) is 19.6 Å². The zero-order valence-electron chi connectivity index (χ0n) is 9.53. The minimum absolute atomic E-state index is 0.0947. The van der Waals surface area contributed by atoms with Gasteiger partial charge in [0.25, 0.3) is 0 Å². The van der Waals surface area contributed by atoms with Gasteiger partial charge in [0, 0.05) is 12.8 Å². The zero-order valence-corrected chi connectivity index (χ0v) is 10.5. The summed E-state index contributed by atoms with van der Waals surface area (Å²) in [6, 6.07) is 0. The monoisotopic (exact) mass is 232 g/mol. The van der Waals surface area contributed by atoms with E-state index in [9.17, 15) is 13.9 Å². The molecule has 1 rings (SSSR count). The van der Waals surface area contributed by atoms with E-state index in [1.807, 2.05) is 0 Å². The highest BCUT2D eigenvalue weighted by Crippen LogP contribution is 2.38. The maximum absolute atomic E-state index is 12.9. The largest absolute Gasteiger partial charge is 0.378 e. The molecule has 0 aromatic heterocycles. The Morgan fingerprint density at radius 1 is 1.07 bits per heavy atom. The summed E-state index contributed by atoms with van der Waals surface area (Å²) in [6.45, 7) is 6.21. The average molecular weight is 232 g/mol. The predicted molar refractivity (Wildman–Crippen MR) is 59.5 cm³/mol. The van der Waals surface area contributed by atoms with Gasteiger partial charge in [-0.15, -0.1) is 5.54 Å². The van der Waals surface area contributed by atoms with Gasteiger partial charge in [-0.25, -0.2) is 8.78 Å². The van der Waals surface area contributed by atoms with Gasteiger partial charge in [-0.05, 0) is 12.8 Å². The third-order valence-corrected chi connectivity index (χ3v) is 3.35. The first-order valence-electron chi connectivity index (χ1n) is 5.27. The fourth-order valence-electron chi connectivity index (χ4n) is 1.46. The summed E-state index contributed by atoms with van der Waals surface area (Å²) in [5.74, 6) is 0.206. The average Bonchev–Trinajstić information content (AvgIpc) is 2.07. The molecule has 0 spiro atoms. The molecule has 0 radical (unpaired) electrons. The van der Waals surface area contributed by atoms with Crippen molar-refractivity contribution >= 4 is 8.07 Å². The van der Waals surface area contributed by atoms with Crippen molar-refractivity contribution in [2.75, 3.05) is 0 Å². The fraction of sp³-hybridized carbons (Fsp3) is 0.818. The Bertz CT molecular complexity index is 286. The molecule has 1 saturated carbocycles. The number of rotatable bonds is 0. The van der Waals surface area contributed by atoms with Crippen molar-refractivity contribution in [2.45, 2.75) is 56.8 Å². The van der Waals surface area contributed by atoms with Crippen LogP contribution < -0.4 is 0 Å². The van der Waals surface area contributed by atoms with Gasteiger partial charge in [-0.3, -0.25) is 0 Å². The van der Waals surface area contributed by atoms with E-state index >= 15 is 0 Å². The molecule has 0 unspecified atom stereocenters. The van der Waals surface area contributed by atoms with E-state index in [1.54, 1.807) is 0 Å². The van der Waals surface area contributed by atoms with Crippen LogP contribution in [0.5, 0.6) is 0 Å². The number of alkyl halides is 2. The first-order valence-corrected chi connectivity index (χ1v) is 8.77. The van der Waals surface area contributed by atoms with Crippen molar-refractivity contribution in [2.24, 2.45) is 0 Å². The second-order valence-electron chi connectivity index (χ2n) is 5.39. The lowest BCUT2D eigenvalue weighted by Crippen LogP contribution is -2.37. The molecule has 1 aliphatic carbocycles. The Balaban J connectivity index is 2.66. The number of hydrogen-bond donors (Lipinski definition) is 1. The molecule has 0 aliphatic heterocycles. The molecule has 15 heavy (non-hydrogen) atoms. The summed E-state index contributed by atoms with van der Waals surface area (Å²) in [5, 5.41) is 9.98. The molecule has 0 aromatic rings. The Kier molecular flexibility index (Phi) is 3.27. The molecule has 1 aliphatic rings. The van der Waals surface area contributed by atoms with Gasteiger partial charge < -0.3 is 5.11 Å². The molecule has 0 bridgehead atoms. The highest BCUT2D eigenvalue weighted by molar-refractivity contribution is 6.83. The van der Waals surface area contributed by atoms with E-state index in [2.05, 4.69) is 31.1 Å². The van der Waals surface area contributed by atoms with Crippen molar-refractivity contribution in [1.82, 2.24) is 0 Å². The lowest BCUT2D eigenvalue weighted by atomic mass is 9.83. The van der Waals surface area contributed by atoms with Crippen LogP contribution in [0, 0.1) is 11.5 Å². The second-order valence-corrected chi connectivity index (χ2v) is 10.1. The van der Waals surface area contributed by atoms with E-state index < -0.39 is 19.6 Å². The molecule has 0 heterocycles. The lowest BCUT2D eigenvalue weighted by molar-refractivity contribution is -0.0823. The van der Waals surface area contributed by atoms with Crippen molar-refractivity contribution < 1.29 is 13.9 Å². The van der Waals surface area contributed by atoms with Gasteiger partial charge in [0.05, 0.1) is 0 Å². The molecule has 86 valence electrons. The molecule has 4 heteroatoms. The summed E-state index contributed by atoms with van der Waals surface area (Å²) >= 11 is 0. The molecule has 0 saturated heterocycles. The van der Waals surface area contributed by atoms with Crippen molar-refractivity contribution in [3.05, 3.63) is 0 Å². The lowest BCUT2D eigenvalue weighted by Gasteiger charge is -2.32. The topological polar surface area (TPSA) is 20.2 Å². The maximum atomic E-state index is 12.9. The van der Waals surface area contributed by atoms with Crippen LogP contribution >= 0.6 is 0 Å². The summed E-state index contributed by atoms with van der Waals surface area (Å²) in [6.07, 6.45) is -0.303. The third kappa shape index (κ3) is 4.31. The minimum atomic E-state index is -2.60. The first-order chi connectivity index (χ1) is 6.62. The highest BCUT2D eigenvalue weighted by Gasteiger charge is 2.41. The van der Waals surface area contributed by atoms with Gasteiger partial charge in [0.1, 0.15) is 13.7 Å². The molecule has 0 amide bonds. The smallest absolute Gasteiger partial charge is 0.248 e. The van der Waals surface area contributed by atoms with Gasteiger partial charge >= 0.3 is 0 Å². The number of halogens is 2. The van der Waals surface area contributed by atoms with E-state index in [0.29, 0.717) is 0 Å². The summed E-state index contributed by atoms with van der Waals surface area (Å²) in [4.78, 5) is 0. The maximum Gasteiger partial charge on any atom is 0.248 e. The van der Waals surface area contributed by atoms with Gasteiger partial charge in [0.2, 0.25) is 5.92 Å².